The number of hydrogen-bond acceptors (Lipinski definition) is 4. The van der Waals surface area contributed by atoms with E-state index in [-0.39, 0.29) is 0 Å². The molecule has 0 atom stereocenters. The summed E-state index contributed by atoms with van der Waals surface area (Å²) >= 11 is 0. The summed E-state index contributed by atoms with van der Waals surface area (Å²) in [5.41, 5.74) is 3.17. The van der Waals surface area contributed by atoms with Crippen molar-refractivity contribution in [2.24, 2.45) is 0 Å². The Morgan fingerprint density at radius 3 is 2.57 bits per heavy atom. The van der Waals surface area contributed by atoms with Crippen LogP contribution in [0.2, 0.25) is 0 Å². The average Bonchev–Trinajstić information content (AvgIpc) is 2.82. The molecule has 1 fully saturated rings. The van der Waals surface area contributed by atoms with Crippen LogP contribution in [0.1, 0.15) is 11.3 Å². The number of imidazole rings is 1. The second-order valence-electron chi connectivity index (χ2n) is 5.59. The van der Waals surface area contributed by atoms with Gasteiger partial charge in [0.1, 0.15) is 5.65 Å². The van der Waals surface area contributed by atoms with Crippen LogP contribution < -0.4 is 0 Å². The largest absolute Gasteiger partial charge is 0.307 e. The van der Waals surface area contributed by atoms with Crippen LogP contribution in [0.5, 0.6) is 0 Å². The molecule has 0 aromatic carbocycles. The normalized spacial score (nSPS) is 18.4. The molecule has 0 N–H and O–H groups in total. The monoisotopic (exact) mass is 308 g/mol. The van der Waals surface area contributed by atoms with Crippen LogP contribution >= 0.6 is 0 Å². The van der Waals surface area contributed by atoms with Gasteiger partial charge >= 0.3 is 0 Å². The number of aryl methyl sites for hydroxylation is 1. The maximum absolute atomic E-state index is 11.5. The van der Waals surface area contributed by atoms with E-state index < -0.39 is 10.0 Å². The fourth-order valence-electron chi connectivity index (χ4n) is 2.73. The number of pyridine rings is 1. The Hall–Kier alpha value is -1.44. The third kappa shape index (κ3) is 3.09. The minimum Gasteiger partial charge on any atom is -0.307 e. The third-order valence-corrected chi connectivity index (χ3v) is 5.22. The van der Waals surface area contributed by atoms with Crippen molar-refractivity contribution in [3.05, 3.63) is 35.8 Å². The molecular formula is C14H20N4O2S. The highest BCUT2D eigenvalue weighted by Crippen LogP contribution is 2.13. The van der Waals surface area contributed by atoms with Crippen molar-refractivity contribution in [3.63, 3.8) is 0 Å². The van der Waals surface area contributed by atoms with E-state index in [1.807, 2.05) is 22.9 Å². The summed E-state index contributed by atoms with van der Waals surface area (Å²) in [5, 5.41) is 0. The lowest BCUT2D eigenvalue weighted by molar-refractivity contribution is 0.180. The van der Waals surface area contributed by atoms with Crippen molar-refractivity contribution in [2.75, 3.05) is 32.4 Å². The van der Waals surface area contributed by atoms with Gasteiger partial charge in [0.2, 0.25) is 10.0 Å². The summed E-state index contributed by atoms with van der Waals surface area (Å²) in [6.45, 7) is 5.44. The topological polar surface area (TPSA) is 57.9 Å². The molecule has 6 nitrogen and oxygen atoms in total. The Bertz CT molecular complexity index is 745. The van der Waals surface area contributed by atoms with Crippen molar-refractivity contribution in [2.45, 2.75) is 13.5 Å². The van der Waals surface area contributed by atoms with Crippen LogP contribution in [-0.4, -0.2) is 59.4 Å². The zero-order chi connectivity index (χ0) is 15.0. The van der Waals surface area contributed by atoms with Gasteiger partial charge in [-0.2, -0.15) is 4.31 Å². The standard InChI is InChI=1S/C14H20N4O2S/c1-12-4-3-5-17-11-13(15-14(12)17)10-16-6-8-18(9-7-16)21(2,19)20/h3-5,11H,6-10H2,1-2H3. The van der Waals surface area contributed by atoms with Crippen LogP contribution in [-0.2, 0) is 16.6 Å². The molecule has 1 aliphatic rings. The number of hydrogen-bond donors (Lipinski definition) is 0. The maximum Gasteiger partial charge on any atom is 0.211 e. The molecule has 21 heavy (non-hydrogen) atoms. The van der Waals surface area contributed by atoms with Gasteiger partial charge in [-0.1, -0.05) is 6.07 Å². The van der Waals surface area contributed by atoms with Crippen molar-refractivity contribution in [3.8, 4) is 0 Å². The summed E-state index contributed by atoms with van der Waals surface area (Å²) in [6.07, 6.45) is 5.32. The first-order valence-electron chi connectivity index (χ1n) is 7.04. The second-order valence-corrected chi connectivity index (χ2v) is 7.57. The minimum atomic E-state index is -3.06. The summed E-state index contributed by atoms with van der Waals surface area (Å²) < 4.78 is 26.6. The molecule has 0 amide bonds. The molecule has 1 aliphatic heterocycles. The van der Waals surface area contributed by atoms with Crippen LogP contribution in [0.15, 0.2) is 24.5 Å². The van der Waals surface area contributed by atoms with Crippen LogP contribution in [0.4, 0.5) is 0 Å². The minimum absolute atomic E-state index is 0.561. The van der Waals surface area contributed by atoms with E-state index in [1.165, 1.54) is 10.6 Å². The molecule has 0 saturated carbocycles. The zero-order valence-corrected chi connectivity index (χ0v) is 13.2. The fraction of sp³-hybridized carbons (Fsp3) is 0.500. The molecule has 0 radical (unpaired) electrons. The third-order valence-electron chi connectivity index (χ3n) is 3.91. The first kappa shape index (κ1) is 14.5. The molecule has 0 unspecified atom stereocenters. The highest BCUT2D eigenvalue weighted by Gasteiger charge is 2.23. The molecule has 3 rings (SSSR count). The van der Waals surface area contributed by atoms with Crippen LogP contribution in [0.25, 0.3) is 5.65 Å². The second kappa shape index (κ2) is 5.40. The van der Waals surface area contributed by atoms with Gasteiger partial charge in [-0.05, 0) is 18.6 Å². The molecule has 7 heteroatoms. The SMILES string of the molecule is Cc1cccn2cc(CN3CCN(S(C)(=O)=O)CC3)nc12. The van der Waals surface area contributed by atoms with Gasteiger partial charge in [-0.25, -0.2) is 13.4 Å². The van der Waals surface area contributed by atoms with Gasteiger partial charge in [0, 0.05) is 45.1 Å². The van der Waals surface area contributed by atoms with E-state index in [2.05, 4.69) is 22.9 Å². The Labute approximate surface area is 125 Å². The van der Waals surface area contributed by atoms with Crippen LogP contribution in [0.3, 0.4) is 0 Å². The lowest BCUT2D eigenvalue weighted by Crippen LogP contribution is -2.47. The predicted molar refractivity (Wildman–Crippen MR) is 81.6 cm³/mol. The van der Waals surface area contributed by atoms with Gasteiger partial charge in [0.15, 0.2) is 0 Å². The molecule has 1 saturated heterocycles. The number of aromatic nitrogens is 2. The quantitative estimate of drug-likeness (QED) is 0.838. The molecule has 0 bridgehead atoms. The lowest BCUT2D eigenvalue weighted by Gasteiger charge is -2.32. The van der Waals surface area contributed by atoms with E-state index in [9.17, 15) is 8.42 Å². The Morgan fingerprint density at radius 1 is 1.24 bits per heavy atom. The number of nitrogens with zero attached hydrogens (tertiary/aromatic N) is 4. The maximum atomic E-state index is 11.5. The van der Waals surface area contributed by atoms with E-state index in [0.29, 0.717) is 13.1 Å². The molecular weight excluding hydrogens is 288 g/mol. The molecule has 3 heterocycles. The van der Waals surface area contributed by atoms with Gasteiger partial charge in [0.05, 0.1) is 11.9 Å². The summed E-state index contributed by atoms with van der Waals surface area (Å²) in [5.74, 6) is 0. The molecule has 0 aliphatic carbocycles. The van der Waals surface area contributed by atoms with Crippen molar-refractivity contribution in [1.82, 2.24) is 18.6 Å². The molecule has 114 valence electrons. The summed E-state index contributed by atoms with van der Waals surface area (Å²) in [6, 6.07) is 4.07. The number of fused-ring (bicyclic) bond motifs is 1. The molecule has 2 aromatic rings. The van der Waals surface area contributed by atoms with Crippen molar-refractivity contribution < 1.29 is 8.42 Å². The highest BCUT2D eigenvalue weighted by molar-refractivity contribution is 7.88. The number of rotatable bonds is 3. The highest BCUT2D eigenvalue weighted by atomic mass is 32.2. The first-order chi connectivity index (χ1) is 9.93. The molecule has 2 aromatic heterocycles. The van der Waals surface area contributed by atoms with E-state index >= 15 is 0 Å². The first-order valence-corrected chi connectivity index (χ1v) is 8.89. The Morgan fingerprint density at radius 2 is 1.95 bits per heavy atom. The van der Waals surface area contributed by atoms with Gasteiger partial charge in [-0.15, -0.1) is 0 Å². The van der Waals surface area contributed by atoms with Crippen LogP contribution in [0, 0.1) is 6.92 Å². The summed E-state index contributed by atoms with van der Waals surface area (Å²) in [7, 11) is -3.06. The Kier molecular flexibility index (Phi) is 3.73. The van der Waals surface area contributed by atoms with Gasteiger partial charge in [-0.3, -0.25) is 4.90 Å². The van der Waals surface area contributed by atoms with E-state index in [0.717, 1.165) is 36.5 Å². The van der Waals surface area contributed by atoms with Gasteiger partial charge < -0.3 is 4.40 Å². The average molecular weight is 308 g/mol. The van der Waals surface area contributed by atoms with Crippen molar-refractivity contribution >= 4 is 15.7 Å². The van der Waals surface area contributed by atoms with E-state index in [1.54, 1.807) is 0 Å². The Balaban J connectivity index is 1.68. The fourth-order valence-corrected chi connectivity index (χ4v) is 3.56. The summed E-state index contributed by atoms with van der Waals surface area (Å²) in [4.78, 5) is 6.91. The number of piperazine rings is 1. The van der Waals surface area contributed by atoms with Gasteiger partial charge in [0.25, 0.3) is 0 Å². The zero-order valence-electron chi connectivity index (χ0n) is 12.4. The number of sulfonamides is 1. The van der Waals surface area contributed by atoms with E-state index in [4.69, 9.17) is 0 Å². The predicted octanol–water partition coefficient (Wildman–Crippen LogP) is 0.720. The smallest absolute Gasteiger partial charge is 0.211 e. The molecule has 0 spiro atoms. The van der Waals surface area contributed by atoms with Crippen molar-refractivity contribution in [1.29, 1.82) is 0 Å². The lowest BCUT2D eigenvalue weighted by atomic mass is 10.3.